The maximum atomic E-state index is 3.91. The summed E-state index contributed by atoms with van der Waals surface area (Å²) >= 11 is 0. The molecule has 0 bridgehead atoms. The predicted molar refractivity (Wildman–Crippen MR) is 73.2 cm³/mol. The summed E-state index contributed by atoms with van der Waals surface area (Å²) in [6.07, 6.45) is 2.11. The second-order valence-electron chi connectivity index (χ2n) is 4.22. The van der Waals surface area contributed by atoms with Gasteiger partial charge in [-0.15, -0.1) is 9.24 Å². The molecule has 1 heteroatoms. The van der Waals surface area contributed by atoms with E-state index in [0.29, 0.717) is 0 Å². The highest BCUT2D eigenvalue weighted by atomic mass is 31.0. The van der Waals surface area contributed by atoms with E-state index in [-0.39, 0.29) is 0 Å². The highest BCUT2D eigenvalue weighted by Crippen LogP contribution is 2.29. The molecule has 0 nitrogen and oxygen atoms in total. The zero-order valence-corrected chi connectivity index (χ0v) is 11.2. The number of hydrogen-bond acceptors (Lipinski definition) is 0. The van der Waals surface area contributed by atoms with Gasteiger partial charge in [-0.05, 0) is 49.7 Å². The summed E-state index contributed by atoms with van der Waals surface area (Å²) in [6.45, 7) is 12.4. The lowest BCUT2D eigenvalue weighted by molar-refractivity contribution is 1.30. The molecule has 1 unspecified atom stereocenters. The molecule has 0 N–H and O–H groups in total. The first-order valence-corrected chi connectivity index (χ1v) is 5.70. The monoisotopic (exact) mass is 218 g/mol. The standard InChI is InChI=1S/C14H19P/c1-9(2)6-13(15)14-11(4)7-10(3)8-12(14)5/h6-8H,1,15H2,2-5H3/b13-6-. The minimum atomic E-state index is 1.08. The van der Waals surface area contributed by atoms with Crippen molar-refractivity contribution in [1.29, 1.82) is 0 Å². The van der Waals surface area contributed by atoms with Crippen LogP contribution in [0.1, 0.15) is 29.2 Å². The van der Waals surface area contributed by atoms with E-state index in [2.05, 4.69) is 54.8 Å². The topological polar surface area (TPSA) is 0 Å². The lowest BCUT2D eigenvalue weighted by Crippen LogP contribution is -1.91. The molecular weight excluding hydrogens is 199 g/mol. The normalized spacial score (nSPS) is 11.7. The zero-order chi connectivity index (χ0) is 11.6. The first-order chi connectivity index (χ1) is 6.91. The highest BCUT2D eigenvalue weighted by molar-refractivity contribution is 7.31. The summed E-state index contributed by atoms with van der Waals surface area (Å²) in [6, 6.07) is 4.44. The molecule has 0 saturated carbocycles. The van der Waals surface area contributed by atoms with Gasteiger partial charge < -0.3 is 0 Å². The van der Waals surface area contributed by atoms with Gasteiger partial charge in [-0.3, -0.25) is 0 Å². The third-order valence-electron chi connectivity index (χ3n) is 2.37. The van der Waals surface area contributed by atoms with Crippen LogP contribution in [0.5, 0.6) is 0 Å². The molecule has 1 atom stereocenters. The van der Waals surface area contributed by atoms with Crippen LogP contribution in [-0.2, 0) is 0 Å². The fraction of sp³-hybridized carbons (Fsp3) is 0.286. The molecule has 0 aliphatic rings. The Morgan fingerprint density at radius 1 is 1.20 bits per heavy atom. The van der Waals surface area contributed by atoms with Gasteiger partial charge >= 0.3 is 0 Å². The molecular formula is C14H19P. The molecule has 0 amide bonds. The lowest BCUT2D eigenvalue weighted by atomic mass is 9.99. The van der Waals surface area contributed by atoms with Gasteiger partial charge in [0, 0.05) is 0 Å². The lowest BCUT2D eigenvalue weighted by Gasteiger charge is -2.11. The van der Waals surface area contributed by atoms with Crippen molar-refractivity contribution in [2.75, 3.05) is 0 Å². The number of aryl methyl sites for hydroxylation is 3. The number of rotatable bonds is 2. The van der Waals surface area contributed by atoms with Crippen LogP contribution >= 0.6 is 9.24 Å². The zero-order valence-electron chi connectivity index (χ0n) is 10.0. The number of allylic oxidation sites excluding steroid dienone is 2. The van der Waals surface area contributed by atoms with Gasteiger partial charge in [-0.25, -0.2) is 0 Å². The molecule has 80 valence electrons. The van der Waals surface area contributed by atoms with Crippen molar-refractivity contribution in [2.45, 2.75) is 27.7 Å². The van der Waals surface area contributed by atoms with Gasteiger partial charge in [0.1, 0.15) is 0 Å². The van der Waals surface area contributed by atoms with Gasteiger partial charge in [0.2, 0.25) is 0 Å². The van der Waals surface area contributed by atoms with Gasteiger partial charge in [0.05, 0.1) is 0 Å². The Balaban J connectivity index is 3.32. The molecule has 0 aliphatic carbocycles. The van der Waals surface area contributed by atoms with E-state index in [0.717, 1.165) is 5.57 Å². The number of hydrogen-bond donors (Lipinski definition) is 0. The fourth-order valence-electron chi connectivity index (χ4n) is 1.97. The van der Waals surface area contributed by atoms with Crippen molar-refractivity contribution in [3.63, 3.8) is 0 Å². The van der Waals surface area contributed by atoms with E-state index >= 15 is 0 Å². The maximum Gasteiger partial charge on any atom is -0.0126 e. The van der Waals surface area contributed by atoms with Crippen molar-refractivity contribution in [2.24, 2.45) is 0 Å². The van der Waals surface area contributed by atoms with Crippen LogP contribution in [0, 0.1) is 20.8 Å². The Morgan fingerprint density at radius 2 is 1.67 bits per heavy atom. The highest BCUT2D eigenvalue weighted by Gasteiger charge is 2.05. The van der Waals surface area contributed by atoms with Gasteiger partial charge in [0.15, 0.2) is 0 Å². The molecule has 1 aromatic carbocycles. The molecule has 15 heavy (non-hydrogen) atoms. The van der Waals surface area contributed by atoms with Crippen molar-refractivity contribution in [3.8, 4) is 0 Å². The van der Waals surface area contributed by atoms with E-state index < -0.39 is 0 Å². The summed E-state index contributed by atoms with van der Waals surface area (Å²) in [5.41, 5.74) is 6.39. The Labute approximate surface area is 95.3 Å². The average Bonchev–Trinajstić information content (AvgIpc) is 1.99. The summed E-state index contributed by atoms with van der Waals surface area (Å²) in [5.74, 6) is 0. The van der Waals surface area contributed by atoms with Crippen molar-refractivity contribution >= 4 is 14.6 Å². The summed E-state index contributed by atoms with van der Waals surface area (Å²) in [7, 11) is 2.80. The first kappa shape index (κ1) is 12.2. The molecule has 1 aromatic rings. The second kappa shape index (κ2) is 4.77. The second-order valence-corrected chi connectivity index (χ2v) is 4.84. The van der Waals surface area contributed by atoms with E-state index in [9.17, 15) is 0 Å². The smallest absolute Gasteiger partial charge is 0.0126 e. The van der Waals surface area contributed by atoms with Crippen LogP contribution in [0.4, 0.5) is 0 Å². The maximum absolute atomic E-state index is 3.91. The number of benzene rings is 1. The minimum Gasteiger partial charge on any atom is -0.105 e. The van der Waals surface area contributed by atoms with Crippen LogP contribution < -0.4 is 0 Å². The largest absolute Gasteiger partial charge is 0.105 e. The quantitative estimate of drug-likeness (QED) is 0.509. The summed E-state index contributed by atoms with van der Waals surface area (Å²) in [5, 5.41) is 1.22. The first-order valence-electron chi connectivity index (χ1n) is 5.12. The SMILES string of the molecule is C=C(C)/C=C(\P)c1c(C)cc(C)cc1C. The summed E-state index contributed by atoms with van der Waals surface area (Å²) < 4.78 is 0. The van der Waals surface area contributed by atoms with Gasteiger partial charge in [-0.1, -0.05) is 35.9 Å². The molecule has 0 aromatic heterocycles. The Kier molecular flexibility index (Phi) is 3.88. The van der Waals surface area contributed by atoms with Crippen molar-refractivity contribution in [3.05, 3.63) is 52.6 Å². The van der Waals surface area contributed by atoms with Crippen LogP contribution in [0.3, 0.4) is 0 Å². The van der Waals surface area contributed by atoms with Crippen LogP contribution in [0.25, 0.3) is 5.31 Å². The third kappa shape index (κ3) is 3.04. The third-order valence-corrected chi connectivity index (χ3v) is 2.82. The molecule has 0 spiro atoms. The van der Waals surface area contributed by atoms with Gasteiger partial charge in [-0.2, -0.15) is 0 Å². The van der Waals surface area contributed by atoms with Gasteiger partial charge in [0.25, 0.3) is 0 Å². The Bertz CT molecular complexity index is 402. The predicted octanol–water partition coefficient (Wildman–Crippen LogP) is 4.40. The summed E-state index contributed by atoms with van der Waals surface area (Å²) in [4.78, 5) is 0. The van der Waals surface area contributed by atoms with Crippen LogP contribution in [-0.4, -0.2) is 0 Å². The molecule has 0 radical (unpaired) electrons. The average molecular weight is 218 g/mol. The van der Waals surface area contributed by atoms with E-state index in [1.54, 1.807) is 0 Å². The van der Waals surface area contributed by atoms with E-state index in [1.807, 2.05) is 6.92 Å². The van der Waals surface area contributed by atoms with Crippen LogP contribution in [0.15, 0.2) is 30.4 Å². The van der Waals surface area contributed by atoms with Crippen LogP contribution in [0.2, 0.25) is 0 Å². The molecule has 0 heterocycles. The Hall–Kier alpha value is -0.870. The fourth-order valence-corrected chi connectivity index (χ4v) is 2.71. The molecule has 0 aliphatic heterocycles. The molecule has 0 saturated heterocycles. The van der Waals surface area contributed by atoms with E-state index in [4.69, 9.17) is 0 Å². The van der Waals surface area contributed by atoms with Crippen molar-refractivity contribution < 1.29 is 0 Å². The van der Waals surface area contributed by atoms with E-state index in [1.165, 1.54) is 27.6 Å². The van der Waals surface area contributed by atoms with Crippen molar-refractivity contribution in [1.82, 2.24) is 0 Å². The minimum absolute atomic E-state index is 1.08. The molecule has 1 rings (SSSR count). The Morgan fingerprint density at radius 3 is 2.07 bits per heavy atom. The molecule has 0 fully saturated rings.